The van der Waals surface area contributed by atoms with Crippen molar-refractivity contribution in [3.63, 3.8) is 0 Å². The molecular weight excluding hydrogens is 288 g/mol. The van der Waals surface area contributed by atoms with Gasteiger partial charge in [0.15, 0.2) is 0 Å². The van der Waals surface area contributed by atoms with Crippen LogP contribution in [0.1, 0.15) is 39.2 Å². The maximum atomic E-state index is 11.8. The summed E-state index contributed by atoms with van der Waals surface area (Å²) in [6, 6.07) is 5.56. The summed E-state index contributed by atoms with van der Waals surface area (Å²) < 4.78 is 0. The lowest BCUT2D eigenvalue weighted by Gasteiger charge is -2.23. The quantitative estimate of drug-likeness (QED) is 0.876. The van der Waals surface area contributed by atoms with Crippen LogP contribution in [-0.4, -0.2) is 24.4 Å². The molecule has 21 heavy (non-hydrogen) atoms. The minimum absolute atomic E-state index is 0.0460. The maximum absolute atomic E-state index is 11.8. The van der Waals surface area contributed by atoms with Crippen LogP contribution in [0.15, 0.2) is 18.2 Å². The van der Waals surface area contributed by atoms with Gasteiger partial charge in [-0.15, -0.1) is 0 Å². The van der Waals surface area contributed by atoms with Crippen LogP contribution in [-0.2, 0) is 9.59 Å². The van der Waals surface area contributed by atoms with Gasteiger partial charge in [0.2, 0.25) is 11.8 Å². The van der Waals surface area contributed by atoms with Crippen LogP contribution in [0, 0.1) is 6.92 Å². The zero-order valence-corrected chi connectivity index (χ0v) is 13.8. The van der Waals surface area contributed by atoms with Gasteiger partial charge >= 0.3 is 0 Å². The Hall–Kier alpha value is -1.55. The van der Waals surface area contributed by atoms with E-state index in [1.54, 1.807) is 17.0 Å². The van der Waals surface area contributed by atoms with Gasteiger partial charge in [-0.05, 0) is 38.0 Å². The number of anilines is 1. The van der Waals surface area contributed by atoms with Gasteiger partial charge < -0.3 is 10.2 Å². The highest BCUT2D eigenvalue weighted by atomic mass is 35.5. The topological polar surface area (TPSA) is 49.4 Å². The number of halogens is 1. The third kappa shape index (κ3) is 5.38. The normalized spacial score (nSPS) is 11.9. The monoisotopic (exact) mass is 310 g/mol. The standard InChI is InChI=1S/C16H23ClN2O2/c1-5-12(3)18-16(21)8-9-19(13(4)20)15-10-14(17)7-6-11(15)2/h6-7,10,12H,5,8-9H2,1-4H3,(H,18,21). The molecule has 4 nitrogen and oxygen atoms in total. The Morgan fingerprint density at radius 3 is 2.62 bits per heavy atom. The van der Waals surface area contributed by atoms with Crippen molar-refractivity contribution in [2.75, 3.05) is 11.4 Å². The first kappa shape index (κ1) is 17.5. The third-order valence-corrected chi connectivity index (χ3v) is 3.66. The summed E-state index contributed by atoms with van der Waals surface area (Å²) in [5, 5.41) is 3.47. The van der Waals surface area contributed by atoms with E-state index in [1.165, 1.54) is 6.92 Å². The van der Waals surface area contributed by atoms with Crippen LogP contribution >= 0.6 is 11.6 Å². The van der Waals surface area contributed by atoms with E-state index in [9.17, 15) is 9.59 Å². The minimum atomic E-state index is -0.100. The molecule has 0 aliphatic rings. The van der Waals surface area contributed by atoms with E-state index in [1.807, 2.05) is 26.8 Å². The second kappa shape index (κ2) is 8.03. The van der Waals surface area contributed by atoms with Crippen molar-refractivity contribution in [2.24, 2.45) is 0 Å². The smallest absolute Gasteiger partial charge is 0.223 e. The number of carbonyl (C=O) groups is 2. The summed E-state index contributed by atoms with van der Waals surface area (Å²) in [6.45, 7) is 7.73. The fourth-order valence-electron chi connectivity index (χ4n) is 1.98. The first-order valence-corrected chi connectivity index (χ1v) is 7.56. The molecule has 0 saturated heterocycles. The van der Waals surface area contributed by atoms with Crippen LogP contribution in [0.2, 0.25) is 5.02 Å². The van der Waals surface area contributed by atoms with Gasteiger partial charge in [-0.1, -0.05) is 24.6 Å². The molecule has 1 unspecified atom stereocenters. The van der Waals surface area contributed by atoms with Gasteiger partial charge in [-0.3, -0.25) is 9.59 Å². The Labute approximate surface area is 131 Å². The lowest BCUT2D eigenvalue weighted by atomic mass is 10.1. The molecular formula is C16H23ClN2O2. The van der Waals surface area contributed by atoms with Gasteiger partial charge in [-0.2, -0.15) is 0 Å². The van der Waals surface area contributed by atoms with Crippen molar-refractivity contribution in [3.05, 3.63) is 28.8 Å². The Morgan fingerprint density at radius 1 is 1.38 bits per heavy atom. The van der Waals surface area contributed by atoms with E-state index < -0.39 is 0 Å². The number of hydrogen-bond donors (Lipinski definition) is 1. The lowest BCUT2D eigenvalue weighted by Crippen LogP contribution is -2.37. The highest BCUT2D eigenvalue weighted by molar-refractivity contribution is 6.31. The number of amides is 2. The zero-order valence-electron chi connectivity index (χ0n) is 13.1. The summed E-state index contributed by atoms with van der Waals surface area (Å²) in [5.41, 5.74) is 1.71. The Morgan fingerprint density at radius 2 is 2.05 bits per heavy atom. The molecule has 0 heterocycles. The Bertz CT molecular complexity index is 517. The van der Waals surface area contributed by atoms with Crippen molar-refractivity contribution in [2.45, 2.75) is 46.6 Å². The van der Waals surface area contributed by atoms with Crippen molar-refractivity contribution < 1.29 is 9.59 Å². The molecule has 1 aromatic carbocycles. The summed E-state index contributed by atoms with van der Waals surface area (Å²) in [7, 11) is 0. The summed E-state index contributed by atoms with van der Waals surface area (Å²) in [4.78, 5) is 25.3. The van der Waals surface area contributed by atoms with Crippen LogP contribution in [0.3, 0.4) is 0 Å². The molecule has 0 aliphatic carbocycles. The number of benzene rings is 1. The van der Waals surface area contributed by atoms with Crippen LogP contribution in [0.5, 0.6) is 0 Å². The zero-order chi connectivity index (χ0) is 16.0. The predicted molar refractivity (Wildman–Crippen MR) is 86.7 cm³/mol. The van der Waals surface area contributed by atoms with E-state index in [4.69, 9.17) is 11.6 Å². The number of aryl methyl sites for hydroxylation is 1. The SMILES string of the molecule is CCC(C)NC(=O)CCN(C(C)=O)c1cc(Cl)ccc1C. The second-order valence-corrected chi connectivity index (χ2v) is 5.66. The largest absolute Gasteiger partial charge is 0.354 e. The molecule has 0 fully saturated rings. The molecule has 0 aromatic heterocycles. The van der Waals surface area contributed by atoms with E-state index in [0.717, 1.165) is 17.7 Å². The summed E-state index contributed by atoms with van der Waals surface area (Å²) >= 11 is 6.00. The number of nitrogens with one attached hydrogen (secondary N) is 1. The van der Waals surface area contributed by atoms with Crippen LogP contribution in [0.25, 0.3) is 0 Å². The average Bonchev–Trinajstić information content (AvgIpc) is 2.42. The maximum Gasteiger partial charge on any atom is 0.223 e. The molecule has 1 aromatic rings. The molecule has 1 atom stereocenters. The molecule has 2 amide bonds. The van der Waals surface area contributed by atoms with E-state index in [2.05, 4.69) is 5.32 Å². The van der Waals surface area contributed by atoms with Gasteiger partial charge in [0, 0.05) is 36.6 Å². The van der Waals surface area contributed by atoms with Crippen molar-refractivity contribution >= 4 is 29.1 Å². The molecule has 0 saturated carbocycles. The van der Waals surface area contributed by atoms with Crippen LogP contribution in [0.4, 0.5) is 5.69 Å². The first-order chi connectivity index (χ1) is 9.85. The highest BCUT2D eigenvalue weighted by Crippen LogP contribution is 2.24. The molecule has 0 aliphatic heterocycles. The fourth-order valence-corrected chi connectivity index (χ4v) is 2.15. The molecule has 0 spiro atoms. The van der Waals surface area contributed by atoms with Gasteiger partial charge in [0.1, 0.15) is 0 Å². The Balaban J connectivity index is 2.77. The highest BCUT2D eigenvalue weighted by Gasteiger charge is 2.16. The molecule has 1 N–H and O–H groups in total. The van der Waals surface area contributed by atoms with Gasteiger partial charge in [0.25, 0.3) is 0 Å². The van der Waals surface area contributed by atoms with Crippen molar-refractivity contribution in [1.82, 2.24) is 5.32 Å². The first-order valence-electron chi connectivity index (χ1n) is 7.18. The fraction of sp³-hybridized carbons (Fsp3) is 0.500. The van der Waals surface area contributed by atoms with Crippen molar-refractivity contribution in [1.29, 1.82) is 0 Å². The summed E-state index contributed by atoms with van der Waals surface area (Å²) in [5.74, 6) is -0.146. The number of nitrogens with zero attached hydrogens (tertiary/aromatic N) is 1. The van der Waals surface area contributed by atoms with E-state index in [-0.39, 0.29) is 24.3 Å². The number of carbonyl (C=O) groups excluding carboxylic acids is 2. The minimum Gasteiger partial charge on any atom is -0.354 e. The molecule has 0 bridgehead atoms. The number of rotatable bonds is 6. The molecule has 0 radical (unpaired) electrons. The van der Waals surface area contributed by atoms with Gasteiger partial charge in [-0.25, -0.2) is 0 Å². The average molecular weight is 311 g/mol. The third-order valence-electron chi connectivity index (χ3n) is 3.42. The van der Waals surface area contributed by atoms with Gasteiger partial charge in [0.05, 0.1) is 0 Å². The number of hydrogen-bond acceptors (Lipinski definition) is 2. The second-order valence-electron chi connectivity index (χ2n) is 5.23. The van der Waals surface area contributed by atoms with Crippen LogP contribution < -0.4 is 10.2 Å². The predicted octanol–water partition coefficient (Wildman–Crippen LogP) is 3.31. The molecule has 5 heteroatoms. The Kier molecular flexibility index (Phi) is 6.69. The molecule has 1 rings (SSSR count). The lowest BCUT2D eigenvalue weighted by molar-refractivity contribution is -0.121. The van der Waals surface area contributed by atoms with Crippen molar-refractivity contribution in [3.8, 4) is 0 Å². The summed E-state index contributed by atoms with van der Waals surface area (Å²) in [6.07, 6.45) is 1.16. The van der Waals surface area contributed by atoms with E-state index >= 15 is 0 Å². The molecule has 116 valence electrons. The van der Waals surface area contributed by atoms with E-state index in [0.29, 0.717) is 11.6 Å².